The first kappa shape index (κ1) is 24.1. The maximum Gasteiger partial charge on any atom is 0.0594 e. The van der Waals surface area contributed by atoms with Crippen LogP contribution in [0, 0.1) is 0 Å². The highest BCUT2D eigenvalue weighted by molar-refractivity contribution is 6.28. The van der Waals surface area contributed by atoms with E-state index in [-0.39, 0.29) is 5.41 Å². The maximum atomic E-state index is 2.56. The Bertz CT molecular complexity index is 2650. The molecule has 10 rings (SSSR count). The summed E-state index contributed by atoms with van der Waals surface area (Å²) in [5.74, 6) is 0. The molecule has 1 aromatic heterocycles. The number of fused-ring (bicyclic) bond motifs is 16. The Morgan fingerprint density at radius 3 is 1.68 bits per heavy atom. The molecule has 206 valence electrons. The van der Waals surface area contributed by atoms with Crippen LogP contribution in [0.1, 0.15) is 25.0 Å². The Hall–Kier alpha value is -5.40. The lowest BCUT2D eigenvalue weighted by Crippen LogP contribution is -2.16. The van der Waals surface area contributed by atoms with Crippen LogP contribution in [0.4, 0.5) is 0 Å². The molecule has 0 aliphatic heterocycles. The predicted octanol–water partition coefficient (Wildman–Crippen LogP) is 11.7. The fourth-order valence-electron chi connectivity index (χ4n) is 8.49. The number of aromatic nitrogens is 1. The Kier molecular flexibility index (Phi) is 4.58. The van der Waals surface area contributed by atoms with Gasteiger partial charge in [0.25, 0.3) is 0 Å². The molecular formula is C43H29N. The van der Waals surface area contributed by atoms with Crippen molar-refractivity contribution in [2.24, 2.45) is 0 Å². The molecule has 8 aromatic carbocycles. The SMILES string of the molecule is CC1(C)c2ccccc2-c2c1c1c(c3ccccc23)c2ccccc2n1-c1ccc2c3ccccc3c3ccccc3c2c1. The lowest BCUT2D eigenvalue weighted by atomic mass is 9.80. The molecule has 0 saturated carbocycles. The van der Waals surface area contributed by atoms with Crippen molar-refractivity contribution in [3.8, 4) is 16.8 Å². The van der Waals surface area contributed by atoms with E-state index in [2.05, 4.69) is 158 Å². The van der Waals surface area contributed by atoms with Crippen molar-refractivity contribution in [3.63, 3.8) is 0 Å². The van der Waals surface area contributed by atoms with Crippen LogP contribution >= 0.6 is 0 Å². The van der Waals surface area contributed by atoms with Gasteiger partial charge in [-0.1, -0.05) is 135 Å². The van der Waals surface area contributed by atoms with E-state index < -0.39 is 0 Å². The summed E-state index contributed by atoms with van der Waals surface area (Å²) < 4.78 is 2.56. The molecule has 0 spiro atoms. The molecule has 0 N–H and O–H groups in total. The van der Waals surface area contributed by atoms with Crippen LogP contribution < -0.4 is 0 Å². The van der Waals surface area contributed by atoms with Gasteiger partial charge in [0.05, 0.1) is 11.0 Å². The summed E-state index contributed by atoms with van der Waals surface area (Å²) in [5, 5.41) is 13.1. The second kappa shape index (κ2) is 8.36. The molecule has 0 radical (unpaired) electrons. The summed E-state index contributed by atoms with van der Waals surface area (Å²) >= 11 is 0. The van der Waals surface area contributed by atoms with E-state index in [0.29, 0.717) is 0 Å². The molecule has 1 heteroatoms. The van der Waals surface area contributed by atoms with Crippen molar-refractivity contribution < 1.29 is 0 Å². The van der Waals surface area contributed by atoms with E-state index in [0.717, 1.165) is 0 Å². The van der Waals surface area contributed by atoms with E-state index >= 15 is 0 Å². The average Bonchev–Trinajstić information content (AvgIpc) is 3.54. The molecule has 1 nitrogen and oxygen atoms in total. The third kappa shape index (κ3) is 2.89. The smallest absolute Gasteiger partial charge is 0.0594 e. The molecule has 0 bridgehead atoms. The highest BCUT2D eigenvalue weighted by Gasteiger charge is 2.40. The lowest BCUT2D eigenvalue weighted by Gasteiger charge is -2.24. The van der Waals surface area contributed by atoms with Crippen molar-refractivity contribution in [1.82, 2.24) is 4.57 Å². The van der Waals surface area contributed by atoms with Gasteiger partial charge in [0.2, 0.25) is 0 Å². The van der Waals surface area contributed by atoms with Gasteiger partial charge in [0, 0.05) is 21.9 Å². The summed E-state index contributed by atoms with van der Waals surface area (Å²) in [6.45, 7) is 4.82. The van der Waals surface area contributed by atoms with Crippen molar-refractivity contribution in [1.29, 1.82) is 0 Å². The normalized spacial score (nSPS) is 13.9. The highest BCUT2D eigenvalue weighted by atomic mass is 15.0. The second-order valence-corrected chi connectivity index (χ2v) is 12.9. The van der Waals surface area contributed by atoms with Gasteiger partial charge in [-0.2, -0.15) is 0 Å². The zero-order chi connectivity index (χ0) is 29.2. The molecule has 0 unspecified atom stereocenters. The fourth-order valence-corrected chi connectivity index (χ4v) is 8.49. The van der Waals surface area contributed by atoms with Gasteiger partial charge in [-0.05, 0) is 83.5 Å². The van der Waals surface area contributed by atoms with Gasteiger partial charge >= 0.3 is 0 Å². The topological polar surface area (TPSA) is 4.93 Å². The predicted molar refractivity (Wildman–Crippen MR) is 188 cm³/mol. The van der Waals surface area contributed by atoms with Gasteiger partial charge in [0.1, 0.15) is 0 Å². The number of benzene rings is 8. The zero-order valence-corrected chi connectivity index (χ0v) is 24.7. The van der Waals surface area contributed by atoms with Crippen molar-refractivity contribution in [2.75, 3.05) is 0 Å². The second-order valence-electron chi connectivity index (χ2n) is 12.9. The van der Waals surface area contributed by atoms with Gasteiger partial charge in [-0.25, -0.2) is 0 Å². The van der Waals surface area contributed by atoms with Gasteiger partial charge in [-0.3, -0.25) is 0 Å². The Balaban J connectivity index is 1.44. The monoisotopic (exact) mass is 559 g/mol. The molecule has 1 aliphatic carbocycles. The molecule has 0 fully saturated rings. The first-order chi connectivity index (χ1) is 21.6. The van der Waals surface area contributed by atoms with Gasteiger partial charge in [-0.15, -0.1) is 0 Å². The third-order valence-electron chi connectivity index (χ3n) is 10.3. The summed E-state index contributed by atoms with van der Waals surface area (Å²) in [7, 11) is 0. The van der Waals surface area contributed by atoms with Crippen molar-refractivity contribution in [2.45, 2.75) is 19.3 Å². The Morgan fingerprint density at radius 1 is 0.455 bits per heavy atom. The van der Waals surface area contributed by atoms with E-state index in [1.165, 1.54) is 92.8 Å². The minimum atomic E-state index is -0.153. The molecular weight excluding hydrogens is 530 g/mol. The van der Waals surface area contributed by atoms with Gasteiger partial charge < -0.3 is 4.57 Å². The molecule has 0 amide bonds. The summed E-state index contributed by atoms with van der Waals surface area (Å²) in [6, 6.07) is 51.9. The lowest BCUT2D eigenvalue weighted by molar-refractivity contribution is 0.664. The highest BCUT2D eigenvalue weighted by Crippen LogP contribution is 2.56. The molecule has 1 heterocycles. The quantitative estimate of drug-likeness (QED) is 0.176. The van der Waals surface area contributed by atoms with Crippen molar-refractivity contribution in [3.05, 3.63) is 151 Å². The van der Waals surface area contributed by atoms with Crippen LogP contribution in [0.15, 0.2) is 140 Å². The largest absolute Gasteiger partial charge is 0.309 e. The standard InChI is InChI=1S/C43H29N/c1-43(2)37-21-11-9-19-34(37)39-32-17-7-8-18-33(32)40-35-20-10-12-22-38(35)44(42(40)41(39)43)26-23-24-31-29-15-4-3-13-27(29)28-14-5-6-16-30(28)36(31)25-26/h3-25H,1-2H3. The minimum absolute atomic E-state index is 0.153. The minimum Gasteiger partial charge on any atom is -0.309 e. The van der Waals surface area contributed by atoms with Crippen LogP contribution in [0.2, 0.25) is 0 Å². The number of rotatable bonds is 1. The summed E-state index contributed by atoms with van der Waals surface area (Å²) in [4.78, 5) is 0. The molecule has 9 aromatic rings. The number of nitrogens with zero attached hydrogens (tertiary/aromatic N) is 1. The van der Waals surface area contributed by atoms with Gasteiger partial charge in [0.15, 0.2) is 0 Å². The Labute approximate surface area is 255 Å². The van der Waals surface area contributed by atoms with Crippen LogP contribution in [0.3, 0.4) is 0 Å². The summed E-state index contributed by atoms with van der Waals surface area (Å²) in [6.07, 6.45) is 0. The average molecular weight is 560 g/mol. The molecule has 44 heavy (non-hydrogen) atoms. The zero-order valence-electron chi connectivity index (χ0n) is 24.7. The van der Waals surface area contributed by atoms with E-state index in [4.69, 9.17) is 0 Å². The van der Waals surface area contributed by atoms with Crippen LogP contribution in [0.25, 0.3) is 81.7 Å². The van der Waals surface area contributed by atoms with Crippen LogP contribution in [0.5, 0.6) is 0 Å². The van der Waals surface area contributed by atoms with Crippen molar-refractivity contribution >= 4 is 64.9 Å². The number of para-hydroxylation sites is 1. The van der Waals surface area contributed by atoms with E-state index in [1.54, 1.807) is 0 Å². The fraction of sp³-hybridized carbons (Fsp3) is 0.0698. The maximum absolute atomic E-state index is 2.56. The first-order valence-electron chi connectivity index (χ1n) is 15.5. The van der Waals surface area contributed by atoms with E-state index in [9.17, 15) is 0 Å². The third-order valence-corrected chi connectivity index (χ3v) is 10.3. The number of hydrogen-bond acceptors (Lipinski definition) is 0. The molecule has 1 aliphatic rings. The molecule has 0 saturated heterocycles. The first-order valence-corrected chi connectivity index (χ1v) is 15.5. The molecule has 0 atom stereocenters. The van der Waals surface area contributed by atoms with E-state index in [1.807, 2.05) is 0 Å². The van der Waals surface area contributed by atoms with Crippen LogP contribution in [-0.2, 0) is 5.41 Å². The Morgan fingerprint density at radius 2 is 0.977 bits per heavy atom. The summed E-state index contributed by atoms with van der Waals surface area (Å²) in [5.41, 5.74) is 9.19. The number of hydrogen-bond donors (Lipinski definition) is 0. The van der Waals surface area contributed by atoms with Crippen LogP contribution in [-0.4, -0.2) is 4.57 Å².